The first-order valence-electron chi connectivity index (χ1n) is 17.7. The summed E-state index contributed by atoms with van der Waals surface area (Å²) < 4.78 is 2.70. The molecule has 1 aromatic heterocycles. The van der Waals surface area contributed by atoms with Crippen LogP contribution in [0.25, 0.3) is 75.1 Å². The SMILES string of the molecule is c1ccc(-c2ccc(N(c3ccc(-c4ccc5c(ccc6c7ccccc7sc56)c4)cc3)c3cccc(-c4ccc5ccccc5c4)c3)cc2)cc1. The smallest absolute Gasteiger partial charge is 0.0467 e. The third-order valence-corrected chi connectivity index (χ3v) is 11.5. The van der Waals surface area contributed by atoms with Gasteiger partial charge in [-0.1, -0.05) is 146 Å². The number of hydrogen-bond donors (Lipinski definition) is 0. The molecular weight excluding hydrogens is 647 g/mol. The Labute approximate surface area is 307 Å². The van der Waals surface area contributed by atoms with E-state index in [2.05, 4.69) is 205 Å². The van der Waals surface area contributed by atoms with E-state index in [0.717, 1.165) is 17.1 Å². The minimum atomic E-state index is 1.11. The zero-order chi connectivity index (χ0) is 34.4. The number of rotatable bonds is 6. The molecule has 0 unspecified atom stereocenters. The molecule has 2 heteroatoms. The fourth-order valence-corrected chi connectivity index (χ4v) is 8.81. The van der Waals surface area contributed by atoms with Gasteiger partial charge < -0.3 is 4.90 Å². The van der Waals surface area contributed by atoms with E-state index >= 15 is 0 Å². The Morgan fingerprint density at radius 3 is 1.63 bits per heavy atom. The molecule has 244 valence electrons. The molecule has 0 amide bonds. The lowest BCUT2D eigenvalue weighted by Crippen LogP contribution is -2.10. The highest BCUT2D eigenvalue weighted by Crippen LogP contribution is 2.41. The molecular formula is C50H33NS. The standard InChI is InChI=1S/C50H33NS/c1-2-9-34(10-3-1)36-19-25-43(26-20-36)51(45-14-8-13-39(33-45)41-18-17-35-11-4-5-12-38(35)31-41)44-27-21-37(22-28-44)40-23-29-46-42(32-40)24-30-48-47-15-6-7-16-49(47)52-50(46)48/h1-33H. The van der Waals surface area contributed by atoms with Crippen molar-refractivity contribution in [2.75, 3.05) is 4.90 Å². The lowest BCUT2D eigenvalue weighted by molar-refractivity contribution is 1.28. The lowest BCUT2D eigenvalue weighted by Gasteiger charge is -2.26. The van der Waals surface area contributed by atoms with E-state index in [9.17, 15) is 0 Å². The molecule has 0 aliphatic heterocycles. The molecule has 0 atom stereocenters. The van der Waals surface area contributed by atoms with Crippen LogP contribution in [-0.4, -0.2) is 0 Å². The maximum Gasteiger partial charge on any atom is 0.0467 e. The van der Waals surface area contributed by atoms with Crippen LogP contribution in [0.3, 0.4) is 0 Å². The molecule has 1 nitrogen and oxygen atoms in total. The maximum absolute atomic E-state index is 2.36. The van der Waals surface area contributed by atoms with E-state index in [1.54, 1.807) is 0 Å². The fourth-order valence-electron chi connectivity index (χ4n) is 7.57. The molecule has 0 spiro atoms. The predicted octanol–water partition coefficient (Wildman–Crippen LogP) is 14.8. The summed E-state index contributed by atoms with van der Waals surface area (Å²) in [6.45, 7) is 0. The van der Waals surface area contributed by atoms with Crippen LogP contribution >= 0.6 is 11.3 Å². The Balaban J connectivity index is 1.04. The Morgan fingerprint density at radius 1 is 0.288 bits per heavy atom. The Kier molecular flexibility index (Phi) is 7.41. The molecule has 0 N–H and O–H groups in total. The number of fused-ring (bicyclic) bond motifs is 6. The first-order valence-corrected chi connectivity index (χ1v) is 18.6. The quantitative estimate of drug-likeness (QED) is 0.169. The molecule has 52 heavy (non-hydrogen) atoms. The summed E-state index contributed by atoms with van der Waals surface area (Å²) in [5.41, 5.74) is 10.6. The minimum Gasteiger partial charge on any atom is -0.310 e. The van der Waals surface area contributed by atoms with Crippen molar-refractivity contribution in [2.24, 2.45) is 0 Å². The normalized spacial score (nSPS) is 11.5. The third-order valence-electron chi connectivity index (χ3n) is 10.2. The van der Waals surface area contributed by atoms with Gasteiger partial charge in [0.25, 0.3) is 0 Å². The van der Waals surface area contributed by atoms with Gasteiger partial charge in [0.1, 0.15) is 0 Å². The minimum absolute atomic E-state index is 1.11. The second-order valence-electron chi connectivity index (χ2n) is 13.4. The van der Waals surface area contributed by atoms with Gasteiger partial charge in [-0.3, -0.25) is 0 Å². The van der Waals surface area contributed by atoms with Crippen molar-refractivity contribution in [1.82, 2.24) is 0 Å². The van der Waals surface area contributed by atoms with Crippen molar-refractivity contribution in [2.45, 2.75) is 0 Å². The average Bonchev–Trinajstić information content (AvgIpc) is 3.61. The Morgan fingerprint density at radius 2 is 0.827 bits per heavy atom. The monoisotopic (exact) mass is 679 g/mol. The molecule has 0 aliphatic carbocycles. The van der Waals surface area contributed by atoms with Gasteiger partial charge in [-0.05, 0) is 110 Å². The van der Waals surface area contributed by atoms with Gasteiger partial charge in [0.15, 0.2) is 0 Å². The van der Waals surface area contributed by atoms with Crippen molar-refractivity contribution in [3.05, 3.63) is 200 Å². The molecule has 10 aromatic rings. The van der Waals surface area contributed by atoms with Crippen LogP contribution in [0.2, 0.25) is 0 Å². The van der Waals surface area contributed by atoms with Crippen LogP contribution in [0.1, 0.15) is 0 Å². The lowest BCUT2D eigenvalue weighted by atomic mass is 9.99. The zero-order valence-electron chi connectivity index (χ0n) is 28.4. The Bertz CT molecular complexity index is 2890. The van der Waals surface area contributed by atoms with Crippen LogP contribution in [0.4, 0.5) is 17.1 Å². The number of anilines is 3. The summed E-state index contributed by atoms with van der Waals surface area (Å²) in [6, 6.07) is 72.9. The molecule has 0 bridgehead atoms. The molecule has 10 rings (SSSR count). The van der Waals surface area contributed by atoms with Gasteiger partial charge in [-0.25, -0.2) is 0 Å². The first-order chi connectivity index (χ1) is 25.7. The Hall–Kier alpha value is -6.48. The van der Waals surface area contributed by atoms with E-state index < -0.39 is 0 Å². The van der Waals surface area contributed by atoms with Gasteiger partial charge in [-0.2, -0.15) is 0 Å². The average molecular weight is 680 g/mol. The molecule has 0 fully saturated rings. The predicted molar refractivity (Wildman–Crippen MR) is 225 cm³/mol. The highest BCUT2D eigenvalue weighted by atomic mass is 32.1. The van der Waals surface area contributed by atoms with Gasteiger partial charge in [0.2, 0.25) is 0 Å². The molecule has 0 aliphatic rings. The summed E-state index contributed by atoms with van der Waals surface area (Å²) in [7, 11) is 0. The summed E-state index contributed by atoms with van der Waals surface area (Å²) >= 11 is 1.89. The van der Waals surface area contributed by atoms with Crippen molar-refractivity contribution in [1.29, 1.82) is 0 Å². The number of thiophene rings is 1. The molecule has 0 radical (unpaired) electrons. The van der Waals surface area contributed by atoms with Crippen LogP contribution in [-0.2, 0) is 0 Å². The second kappa shape index (κ2) is 12.7. The topological polar surface area (TPSA) is 3.24 Å². The fraction of sp³-hybridized carbons (Fsp3) is 0. The maximum atomic E-state index is 2.36. The molecule has 0 saturated heterocycles. The van der Waals surface area contributed by atoms with Crippen LogP contribution in [0, 0.1) is 0 Å². The van der Waals surface area contributed by atoms with Crippen molar-refractivity contribution in [3.8, 4) is 33.4 Å². The summed E-state index contributed by atoms with van der Waals surface area (Å²) in [6.07, 6.45) is 0. The van der Waals surface area contributed by atoms with E-state index in [0.29, 0.717) is 0 Å². The summed E-state index contributed by atoms with van der Waals surface area (Å²) in [5, 5.41) is 7.76. The van der Waals surface area contributed by atoms with E-state index in [4.69, 9.17) is 0 Å². The van der Waals surface area contributed by atoms with Gasteiger partial charge >= 0.3 is 0 Å². The van der Waals surface area contributed by atoms with E-state index in [1.807, 2.05) is 11.3 Å². The first kappa shape index (κ1) is 30.4. The van der Waals surface area contributed by atoms with E-state index in [-0.39, 0.29) is 0 Å². The number of benzene rings is 9. The van der Waals surface area contributed by atoms with Crippen LogP contribution in [0.15, 0.2) is 200 Å². The van der Waals surface area contributed by atoms with Gasteiger partial charge in [0.05, 0.1) is 0 Å². The summed E-state index contributed by atoms with van der Waals surface area (Å²) in [4.78, 5) is 2.36. The van der Waals surface area contributed by atoms with Crippen LogP contribution < -0.4 is 4.90 Å². The van der Waals surface area contributed by atoms with Gasteiger partial charge in [-0.15, -0.1) is 11.3 Å². The zero-order valence-corrected chi connectivity index (χ0v) is 29.2. The molecule has 0 saturated carbocycles. The molecule has 1 heterocycles. The second-order valence-corrected chi connectivity index (χ2v) is 14.4. The van der Waals surface area contributed by atoms with Crippen molar-refractivity contribution >= 4 is 70.1 Å². The largest absolute Gasteiger partial charge is 0.310 e. The van der Waals surface area contributed by atoms with Crippen LogP contribution in [0.5, 0.6) is 0 Å². The summed E-state index contributed by atoms with van der Waals surface area (Å²) in [5.74, 6) is 0. The van der Waals surface area contributed by atoms with Crippen molar-refractivity contribution < 1.29 is 0 Å². The van der Waals surface area contributed by atoms with E-state index in [1.165, 1.54) is 75.1 Å². The van der Waals surface area contributed by atoms with Crippen molar-refractivity contribution in [3.63, 3.8) is 0 Å². The molecule has 9 aromatic carbocycles. The third kappa shape index (κ3) is 5.42. The van der Waals surface area contributed by atoms with Gasteiger partial charge in [0, 0.05) is 37.2 Å². The highest BCUT2D eigenvalue weighted by Gasteiger charge is 2.15. The number of nitrogens with zero attached hydrogens (tertiary/aromatic N) is 1. The number of hydrogen-bond acceptors (Lipinski definition) is 2. The highest BCUT2D eigenvalue weighted by molar-refractivity contribution is 7.26.